The first kappa shape index (κ1) is 20.9. The Morgan fingerprint density at radius 1 is 1.30 bits per heavy atom. The van der Waals surface area contributed by atoms with Gasteiger partial charge in [0.05, 0.1) is 0 Å². The number of carbonyl (C=O) groups excluding carboxylic acids is 1. The van der Waals surface area contributed by atoms with E-state index in [9.17, 15) is 9.59 Å². The normalized spacial score (nSPS) is 23.7. The number of hydrogen-bond acceptors (Lipinski definition) is 5. The molecule has 1 aromatic carbocycles. The minimum atomic E-state index is -0.573. The number of amides is 1. The van der Waals surface area contributed by atoms with Crippen LogP contribution in [0.15, 0.2) is 27.4 Å². The summed E-state index contributed by atoms with van der Waals surface area (Å²) in [6.45, 7) is 8.54. The van der Waals surface area contributed by atoms with Crippen molar-refractivity contribution in [3.05, 3.63) is 39.7 Å². The summed E-state index contributed by atoms with van der Waals surface area (Å²) in [6, 6.07) is 5.38. The van der Waals surface area contributed by atoms with Gasteiger partial charge in [0.2, 0.25) is 0 Å². The van der Waals surface area contributed by atoms with Gasteiger partial charge in [0, 0.05) is 36.7 Å². The number of hydrogen-bond donors (Lipinski definition) is 0. The molecule has 2 aromatic rings. The lowest BCUT2D eigenvalue weighted by molar-refractivity contribution is -0.137. The summed E-state index contributed by atoms with van der Waals surface area (Å²) in [5.41, 5.74) is 1.96. The van der Waals surface area contributed by atoms with Crippen LogP contribution < -0.4 is 10.4 Å². The highest BCUT2D eigenvalue weighted by molar-refractivity contribution is 5.85. The Morgan fingerprint density at radius 3 is 2.63 bits per heavy atom. The largest absolute Gasteiger partial charge is 0.480 e. The van der Waals surface area contributed by atoms with E-state index in [1.165, 1.54) is 0 Å². The van der Waals surface area contributed by atoms with Gasteiger partial charge < -0.3 is 19.0 Å². The van der Waals surface area contributed by atoms with Crippen LogP contribution in [0.5, 0.6) is 5.75 Å². The van der Waals surface area contributed by atoms with E-state index in [1.54, 1.807) is 13.0 Å². The summed E-state index contributed by atoms with van der Waals surface area (Å²) in [5.74, 6) is 2.62. The van der Waals surface area contributed by atoms with E-state index >= 15 is 0 Å². The maximum atomic E-state index is 12.9. The van der Waals surface area contributed by atoms with Gasteiger partial charge in [-0.3, -0.25) is 4.79 Å². The van der Waals surface area contributed by atoms with Crippen molar-refractivity contribution >= 4 is 16.9 Å². The molecule has 1 amide bonds. The van der Waals surface area contributed by atoms with Gasteiger partial charge in [-0.05, 0) is 69.8 Å². The molecule has 2 heterocycles. The molecule has 2 fully saturated rings. The number of likely N-dealkylation sites (tertiary alicyclic amines) is 1. The SMILES string of the molecule is CCCc1cc(=O)oc2c(C)c(OC(C)C(=O)N3C[C@@H]4C(CN(C)C)[C@@H]4C3)ccc12. The van der Waals surface area contributed by atoms with Gasteiger partial charge in [-0.1, -0.05) is 13.3 Å². The number of benzene rings is 1. The van der Waals surface area contributed by atoms with Gasteiger partial charge in [-0.2, -0.15) is 0 Å². The number of aryl methyl sites for hydroxylation is 2. The van der Waals surface area contributed by atoms with Crippen molar-refractivity contribution in [1.29, 1.82) is 0 Å². The van der Waals surface area contributed by atoms with Crippen LogP contribution in [0.1, 0.15) is 31.4 Å². The standard InChI is InChI=1S/C24H32N2O4/c1-6-7-16-10-22(27)30-23-14(2)21(9-8-17(16)23)29-15(3)24(28)26-12-19-18(11-25(4)5)20(19)13-26/h8-10,15,18-20H,6-7,11-13H2,1-5H3/t15?,18?,19-,20+. The molecule has 2 aliphatic rings. The molecular weight excluding hydrogens is 380 g/mol. The lowest BCUT2D eigenvalue weighted by Crippen LogP contribution is -2.41. The molecule has 162 valence electrons. The quantitative estimate of drug-likeness (QED) is 0.654. The van der Waals surface area contributed by atoms with Crippen LogP contribution in [0.2, 0.25) is 0 Å². The molecule has 6 nitrogen and oxygen atoms in total. The molecule has 4 rings (SSSR count). The summed E-state index contributed by atoms with van der Waals surface area (Å²) < 4.78 is 11.5. The fourth-order valence-corrected chi connectivity index (χ4v) is 5.03. The molecule has 1 saturated carbocycles. The average molecular weight is 413 g/mol. The first-order valence-electron chi connectivity index (χ1n) is 11.0. The fraction of sp³-hybridized carbons (Fsp3) is 0.583. The van der Waals surface area contributed by atoms with Crippen LogP contribution in [0, 0.1) is 24.7 Å². The number of rotatable bonds is 7. The van der Waals surface area contributed by atoms with Crippen LogP contribution in [0.3, 0.4) is 0 Å². The first-order chi connectivity index (χ1) is 14.3. The smallest absolute Gasteiger partial charge is 0.336 e. The highest BCUT2D eigenvalue weighted by Gasteiger charge is 2.56. The molecule has 1 saturated heterocycles. The van der Waals surface area contributed by atoms with Crippen molar-refractivity contribution in [3.8, 4) is 5.75 Å². The fourth-order valence-electron chi connectivity index (χ4n) is 5.03. The van der Waals surface area contributed by atoms with Crippen molar-refractivity contribution in [2.45, 2.75) is 39.7 Å². The number of piperidine rings is 1. The van der Waals surface area contributed by atoms with Crippen LogP contribution in [0.25, 0.3) is 11.0 Å². The summed E-state index contributed by atoms with van der Waals surface area (Å²) in [7, 11) is 4.21. The van der Waals surface area contributed by atoms with E-state index in [4.69, 9.17) is 9.15 Å². The minimum Gasteiger partial charge on any atom is -0.480 e. The van der Waals surface area contributed by atoms with E-state index in [0.29, 0.717) is 23.2 Å². The average Bonchev–Trinajstić information content (AvgIpc) is 3.11. The molecule has 1 aromatic heterocycles. The molecule has 30 heavy (non-hydrogen) atoms. The maximum absolute atomic E-state index is 12.9. The Balaban J connectivity index is 1.46. The third-order valence-electron chi connectivity index (χ3n) is 6.63. The monoisotopic (exact) mass is 412 g/mol. The van der Waals surface area contributed by atoms with Gasteiger partial charge >= 0.3 is 5.63 Å². The van der Waals surface area contributed by atoms with Gasteiger partial charge in [-0.25, -0.2) is 4.79 Å². The molecule has 0 N–H and O–H groups in total. The van der Waals surface area contributed by atoms with Crippen molar-refractivity contribution in [3.63, 3.8) is 0 Å². The molecular formula is C24H32N2O4. The van der Waals surface area contributed by atoms with Crippen molar-refractivity contribution < 1.29 is 13.9 Å². The Kier molecular flexibility index (Phi) is 5.62. The number of nitrogens with zero attached hydrogens (tertiary/aromatic N) is 2. The summed E-state index contributed by atoms with van der Waals surface area (Å²) in [5, 5.41) is 0.937. The second kappa shape index (κ2) is 8.06. The molecule has 0 spiro atoms. The minimum absolute atomic E-state index is 0.0338. The Labute approximate surface area is 177 Å². The second-order valence-electron chi connectivity index (χ2n) is 9.16. The number of fused-ring (bicyclic) bond motifs is 2. The molecule has 4 atom stereocenters. The molecule has 2 unspecified atom stereocenters. The third kappa shape index (κ3) is 3.85. The summed E-state index contributed by atoms with van der Waals surface area (Å²) in [6.07, 6.45) is 1.20. The zero-order valence-corrected chi connectivity index (χ0v) is 18.6. The zero-order chi connectivity index (χ0) is 21.6. The third-order valence-corrected chi connectivity index (χ3v) is 6.63. The van der Waals surface area contributed by atoms with Crippen LogP contribution in [-0.4, -0.2) is 55.5 Å². The highest BCUT2D eigenvalue weighted by Crippen LogP contribution is 2.51. The van der Waals surface area contributed by atoms with Crippen molar-refractivity contribution in [2.24, 2.45) is 17.8 Å². The van der Waals surface area contributed by atoms with Crippen LogP contribution in [-0.2, 0) is 11.2 Å². The molecule has 1 aliphatic heterocycles. The molecule has 1 aliphatic carbocycles. The van der Waals surface area contributed by atoms with Crippen LogP contribution in [0.4, 0.5) is 0 Å². The Bertz CT molecular complexity index is 1000. The molecule has 0 radical (unpaired) electrons. The Hall–Kier alpha value is -2.34. The van der Waals surface area contributed by atoms with E-state index in [-0.39, 0.29) is 11.5 Å². The molecule has 6 heteroatoms. The van der Waals surface area contributed by atoms with Crippen molar-refractivity contribution in [1.82, 2.24) is 9.80 Å². The zero-order valence-electron chi connectivity index (χ0n) is 18.6. The van der Waals surface area contributed by atoms with Gasteiger partial charge in [-0.15, -0.1) is 0 Å². The first-order valence-corrected chi connectivity index (χ1v) is 11.0. The van der Waals surface area contributed by atoms with Crippen molar-refractivity contribution in [2.75, 3.05) is 33.7 Å². The van der Waals surface area contributed by atoms with Gasteiger partial charge in [0.15, 0.2) is 6.10 Å². The lowest BCUT2D eigenvalue weighted by atomic mass is 10.0. The number of carbonyl (C=O) groups is 1. The topological polar surface area (TPSA) is 63.0 Å². The van der Waals surface area contributed by atoms with Crippen LogP contribution >= 0.6 is 0 Å². The predicted molar refractivity (Wildman–Crippen MR) is 117 cm³/mol. The summed E-state index contributed by atoms with van der Waals surface area (Å²) in [4.78, 5) is 29.1. The predicted octanol–water partition coefficient (Wildman–Crippen LogP) is 3.09. The van der Waals surface area contributed by atoms with E-state index in [1.807, 2.05) is 24.0 Å². The second-order valence-corrected chi connectivity index (χ2v) is 9.16. The summed E-state index contributed by atoms with van der Waals surface area (Å²) >= 11 is 0. The maximum Gasteiger partial charge on any atom is 0.336 e. The lowest BCUT2D eigenvalue weighted by Gasteiger charge is -2.25. The molecule has 0 bridgehead atoms. The van der Waals surface area contributed by atoms with E-state index < -0.39 is 6.10 Å². The highest BCUT2D eigenvalue weighted by atomic mass is 16.5. The van der Waals surface area contributed by atoms with E-state index in [2.05, 4.69) is 25.9 Å². The van der Waals surface area contributed by atoms with Gasteiger partial charge in [0.1, 0.15) is 11.3 Å². The van der Waals surface area contributed by atoms with Gasteiger partial charge in [0.25, 0.3) is 5.91 Å². The Morgan fingerprint density at radius 2 is 2.00 bits per heavy atom. The van der Waals surface area contributed by atoms with E-state index in [0.717, 1.165) is 54.9 Å². The number of ether oxygens (including phenoxy) is 1.